The van der Waals surface area contributed by atoms with Crippen LogP contribution in [-0.2, 0) is 0 Å². The number of nitrogens with one attached hydrogen (secondary N) is 1. The summed E-state index contributed by atoms with van der Waals surface area (Å²) in [6.07, 6.45) is 2.06. The highest BCUT2D eigenvalue weighted by Crippen LogP contribution is 2.37. The summed E-state index contributed by atoms with van der Waals surface area (Å²) in [7, 11) is -1.88. The zero-order chi connectivity index (χ0) is 28.8. The normalized spacial score (nSPS) is 15.8. The van der Waals surface area contributed by atoms with E-state index < -0.39 is 12.9 Å². The topological polar surface area (TPSA) is 85.9 Å². The Bertz CT molecular complexity index is 1620. The van der Waals surface area contributed by atoms with Crippen LogP contribution in [0.1, 0.15) is 56.3 Å². The first-order chi connectivity index (χ1) is 18.9. The number of hydrogen-bond acceptors (Lipinski definition) is 6. The van der Waals surface area contributed by atoms with Gasteiger partial charge in [0.15, 0.2) is 5.43 Å². The summed E-state index contributed by atoms with van der Waals surface area (Å²) >= 11 is 0. The third kappa shape index (κ3) is 5.38. The van der Waals surface area contributed by atoms with Crippen LogP contribution in [0.3, 0.4) is 0 Å². The number of para-hydroxylation sites is 1. The Morgan fingerprint density at radius 3 is 2.42 bits per heavy atom. The molecule has 1 saturated heterocycles. The van der Waals surface area contributed by atoms with E-state index in [-0.39, 0.29) is 22.3 Å². The van der Waals surface area contributed by atoms with Crippen LogP contribution in [0.5, 0.6) is 0 Å². The van der Waals surface area contributed by atoms with Gasteiger partial charge in [-0.05, 0) is 68.4 Å². The highest BCUT2D eigenvalue weighted by molar-refractivity contribution is 6.58. The molecule has 2 heterocycles. The molecule has 1 aliphatic heterocycles. The number of halogens is 1. The molecule has 6 nitrogen and oxygen atoms in total. The molecule has 0 saturated carbocycles. The number of piperidine rings is 1. The number of benzene rings is 3. The van der Waals surface area contributed by atoms with E-state index in [1.807, 2.05) is 57.2 Å². The maximum absolute atomic E-state index is 14.6. The van der Waals surface area contributed by atoms with Crippen molar-refractivity contribution in [2.45, 2.75) is 53.5 Å². The van der Waals surface area contributed by atoms with Gasteiger partial charge in [0.2, 0.25) is 5.88 Å². The van der Waals surface area contributed by atoms with E-state index in [2.05, 4.69) is 24.1 Å². The van der Waals surface area contributed by atoms with Gasteiger partial charge in [0.1, 0.15) is 11.4 Å². The quantitative estimate of drug-likeness (QED) is 0.271. The van der Waals surface area contributed by atoms with Crippen molar-refractivity contribution in [3.63, 3.8) is 0 Å². The van der Waals surface area contributed by atoms with Gasteiger partial charge < -0.3 is 24.7 Å². The van der Waals surface area contributed by atoms with E-state index in [1.165, 1.54) is 12.1 Å². The van der Waals surface area contributed by atoms with Gasteiger partial charge >= 0.3 is 7.12 Å². The fraction of sp³-hybridized carbons (Fsp3) is 0.344. The predicted molar refractivity (Wildman–Crippen MR) is 161 cm³/mol. The lowest BCUT2D eigenvalue weighted by atomic mass is 9.79. The summed E-state index contributed by atoms with van der Waals surface area (Å²) in [5.41, 5.74) is 5.26. The lowest BCUT2D eigenvalue weighted by Gasteiger charge is -2.37. The Kier molecular flexibility index (Phi) is 7.51. The third-order valence-electron chi connectivity index (χ3n) is 8.13. The van der Waals surface area contributed by atoms with Crippen molar-refractivity contribution in [2.24, 2.45) is 5.41 Å². The SMILES string of the molecule is Cc1cc([C@H](C)Nc2ccccc2-c2ccc(B(O)O)c(F)c2)c2oc(N3CCC(C)(C)CC3)c(C)c(=O)c2c1. The van der Waals surface area contributed by atoms with Crippen molar-refractivity contribution in [1.29, 1.82) is 0 Å². The largest absolute Gasteiger partial charge is 0.491 e. The minimum absolute atomic E-state index is 0.0136. The average molecular weight is 542 g/mol. The fourth-order valence-corrected chi connectivity index (χ4v) is 5.57. The first-order valence-electron chi connectivity index (χ1n) is 13.8. The van der Waals surface area contributed by atoms with Gasteiger partial charge in [-0.3, -0.25) is 4.79 Å². The van der Waals surface area contributed by atoms with Gasteiger partial charge in [0.05, 0.1) is 17.0 Å². The molecular weight excluding hydrogens is 506 g/mol. The van der Waals surface area contributed by atoms with E-state index in [9.17, 15) is 19.2 Å². The molecule has 208 valence electrons. The third-order valence-corrected chi connectivity index (χ3v) is 8.13. The summed E-state index contributed by atoms with van der Waals surface area (Å²) in [5, 5.41) is 22.9. The molecule has 1 fully saturated rings. The van der Waals surface area contributed by atoms with Crippen LogP contribution >= 0.6 is 0 Å². The van der Waals surface area contributed by atoms with Crippen LogP contribution in [0, 0.1) is 25.1 Å². The molecule has 0 bridgehead atoms. The highest BCUT2D eigenvalue weighted by Gasteiger charge is 2.29. The molecule has 0 unspecified atom stereocenters. The van der Waals surface area contributed by atoms with Gasteiger partial charge in [0, 0.05) is 35.4 Å². The molecule has 8 heteroatoms. The molecule has 4 aromatic rings. The van der Waals surface area contributed by atoms with Gasteiger partial charge in [-0.2, -0.15) is 0 Å². The Labute approximate surface area is 234 Å². The van der Waals surface area contributed by atoms with Crippen LogP contribution in [0.4, 0.5) is 16.0 Å². The Morgan fingerprint density at radius 2 is 1.75 bits per heavy atom. The zero-order valence-electron chi connectivity index (χ0n) is 23.7. The number of hydrogen-bond donors (Lipinski definition) is 3. The molecular formula is C32H36BFN2O4. The second-order valence-electron chi connectivity index (χ2n) is 11.8. The van der Waals surface area contributed by atoms with E-state index >= 15 is 0 Å². The molecule has 0 amide bonds. The summed E-state index contributed by atoms with van der Waals surface area (Å²) in [4.78, 5) is 15.8. The Morgan fingerprint density at radius 1 is 1.05 bits per heavy atom. The minimum Gasteiger partial charge on any atom is -0.440 e. The van der Waals surface area contributed by atoms with E-state index in [4.69, 9.17) is 4.42 Å². The predicted octanol–water partition coefficient (Wildman–Crippen LogP) is 5.70. The minimum atomic E-state index is -1.88. The first-order valence-corrected chi connectivity index (χ1v) is 13.8. The van der Waals surface area contributed by atoms with Crippen molar-refractivity contribution < 1.29 is 18.9 Å². The van der Waals surface area contributed by atoms with Crippen LogP contribution < -0.4 is 21.1 Å². The molecule has 40 heavy (non-hydrogen) atoms. The Balaban J connectivity index is 1.54. The number of aryl methyl sites for hydroxylation is 1. The first kappa shape index (κ1) is 27.9. The second-order valence-corrected chi connectivity index (χ2v) is 11.8. The second kappa shape index (κ2) is 10.7. The van der Waals surface area contributed by atoms with Crippen molar-refractivity contribution in [3.8, 4) is 11.1 Å². The van der Waals surface area contributed by atoms with Gasteiger partial charge in [0.25, 0.3) is 0 Å². The lowest BCUT2D eigenvalue weighted by Crippen LogP contribution is -2.38. The molecule has 1 aliphatic rings. The van der Waals surface area contributed by atoms with E-state index in [0.717, 1.165) is 48.3 Å². The van der Waals surface area contributed by atoms with Gasteiger partial charge in [-0.1, -0.05) is 50.2 Å². The van der Waals surface area contributed by atoms with Crippen molar-refractivity contribution in [3.05, 3.63) is 87.3 Å². The summed E-state index contributed by atoms with van der Waals surface area (Å²) in [6.45, 7) is 12.1. The summed E-state index contributed by atoms with van der Waals surface area (Å²) in [5.74, 6) is -0.0434. The van der Waals surface area contributed by atoms with Crippen molar-refractivity contribution in [1.82, 2.24) is 0 Å². The van der Waals surface area contributed by atoms with Crippen LogP contribution in [-0.4, -0.2) is 30.3 Å². The standard InChI is InChI=1S/C32H36BFN2O4/c1-19-16-24(30-25(17-19)29(37)20(2)31(40-30)36-14-12-32(4,5)13-15-36)21(3)35-28-9-7-6-8-23(28)22-10-11-26(33(38)39)27(34)18-22/h6-11,16-18,21,35,38-39H,12-15H2,1-5H3/t21-/m0/s1. The van der Waals surface area contributed by atoms with Crippen molar-refractivity contribution >= 4 is 35.1 Å². The lowest BCUT2D eigenvalue weighted by molar-refractivity contribution is 0.274. The highest BCUT2D eigenvalue weighted by atomic mass is 19.1. The molecule has 0 aliphatic carbocycles. The number of anilines is 2. The molecule has 1 aromatic heterocycles. The average Bonchev–Trinajstić information content (AvgIpc) is 2.91. The number of fused-ring (bicyclic) bond motifs is 1. The van der Waals surface area contributed by atoms with E-state index in [1.54, 1.807) is 6.07 Å². The van der Waals surface area contributed by atoms with Crippen LogP contribution in [0.15, 0.2) is 63.8 Å². The molecule has 1 atom stereocenters. The van der Waals surface area contributed by atoms with Crippen molar-refractivity contribution in [2.75, 3.05) is 23.3 Å². The maximum Gasteiger partial charge on any atom is 0.491 e. The number of nitrogens with zero attached hydrogens (tertiary/aromatic N) is 1. The molecule has 0 spiro atoms. The Hall–Kier alpha value is -3.62. The molecule has 5 rings (SSSR count). The summed E-state index contributed by atoms with van der Waals surface area (Å²) in [6, 6.07) is 15.6. The maximum atomic E-state index is 14.6. The molecule has 3 N–H and O–H groups in total. The van der Waals surface area contributed by atoms with Gasteiger partial charge in [-0.25, -0.2) is 4.39 Å². The molecule has 3 aromatic carbocycles. The monoisotopic (exact) mass is 542 g/mol. The fourth-order valence-electron chi connectivity index (χ4n) is 5.57. The zero-order valence-corrected chi connectivity index (χ0v) is 23.7. The molecule has 0 radical (unpaired) electrons. The van der Waals surface area contributed by atoms with E-state index in [0.29, 0.717) is 28.0 Å². The van der Waals surface area contributed by atoms with Crippen LogP contribution in [0.25, 0.3) is 22.1 Å². The van der Waals surface area contributed by atoms with Crippen LogP contribution in [0.2, 0.25) is 0 Å². The van der Waals surface area contributed by atoms with Gasteiger partial charge in [-0.15, -0.1) is 0 Å². The number of rotatable bonds is 6. The summed E-state index contributed by atoms with van der Waals surface area (Å²) < 4.78 is 21.2. The smallest absolute Gasteiger partial charge is 0.440 e.